The molecule has 2 heteroatoms. The van der Waals surface area contributed by atoms with Gasteiger partial charge in [-0.15, -0.1) is 0 Å². The molecule has 0 aliphatic rings. The standard InChI is InChI=1S/C25H16O2/c1-15-13-14-17(25-23(15)18-7-2-5-11-21(18)27-25)16-9-6-12-22-24(16)19-8-3-4-10-20(19)26-22/h2-14H,1H3. The lowest BCUT2D eigenvalue weighted by Gasteiger charge is -2.06. The largest absolute Gasteiger partial charge is 0.456 e. The average molecular weight is 348 g/mol. The van der Waals surface area contributed by atoms with Gasteiger partial charge in [-0.3, -0.25) is 0 Å². The molecule has 0 fully saturated rings. The summed E-state index contributed by atoms with van der Waals surface area (Å²) in [7, 11) is 0. The van der Waals surface area contributed by atoms with Crippen molar-refractivity contribution in [2.75, 3.05) is 0 Å². The molecule has 128 valence electrons. The predicted octanol–water partition coefficient (Wildman–Crippen LogP) is 7.46. The van der Waals surface area contributed by atoms with Gasteiger partial charge in [-0.1, -0.05) is 60.7 Å². The highest BCUT2D eigenvalue weighted by Crippen LogP contribution is 2.42. The molecule has 0 saturated heterocycles. The minimum absolute atomic E-state index is 0.901. The highest BCUT2D eigenvalue weighted by atomic mass is 16.3. The van der Waals surface area contributed by atoms with Crippen molar-refractivity contribution < 1.29 is 8.83 Å². The Morgan fingerprint density at radius 2 is 1.19 bits per heavy atom. The Balaban J connectivity index is 1.80. The molecule has 0 atom stereocenters. The molecule has 0 N–H and O–H groups in total. The van der Waals surface area contributed by atoms with Crippen LogP contribution in [0.25, 0.3) is 55.0 Å². The Labute approximate surface area is 155 Å². The Bertz CT molecular complexity index is 1480. The van der Waals surface area contributed by atoms with Crippen LogP contribution in [0.2, 0.25) is 0 Å². The Hall–Kier alpha value is -3.52. The molecule has 27 heavy (non-hydrogen) atoms. The van der Waals surface area contributed by atoms with Gasteiger partial charge in [0.1, 0.15) is 22.3 Å². The van der Waals surface area contributed by atoms with Gasteiger partial charge >= 0.3 is 0 Å². The van der Waals surface area contributed by atoms with Gasteiger partial charge < -0.3 is 8.83 Å². The first-order valence-corrected chi connectivity index (χ1v) is 9.13. The zero-order valence-corrected chi connectivity index (χ0v) is 14.8. The van der Waals surface area contributed by atoms with Crippen molar-refractivity contribution in [1.82, 2.24) is 0 Å². The van der Waals surface area contributed by atoms with E-state index in [0.29, 0.717) is 0 Å². The molecule has 0 radical (unpaired) electrons. The second-order valence-corrected chi connectivity index (χ2v) is 7.01. The monoisotopic (exact) mass is 348 g/mol. The highest BCUT2D eigenvalue weighted by Gasteiger charge is 2.18. The molecule has 0 aliphatic heterocycles. The fourth-order valence-electron chi connectivity index (χ4n) is 4.21. The summed E-state index contributed by atoms with van der Waals surface area (Å²) in [5, 5.41) is 4.62. The third-order valence-electron chi connectivity index (χ3n) is 5.43. The SMILES string of the molecule is Cc1ccc(-c2cccc3oc4ccccc4c23)c2oc3ccccc3c12. The molecular formula is C25H16O2. The summed E-state index contributed by atoms with van der Waals surface area (Å²) in [5.74, 6) is 0. The predicted molar refractivity (Wildman–Crippen MR) is 111 cm³/mol. The van der Waals surface area contributed by atoms with Crippen molar-refractivity contribution in [3.63, 3.8) is 0 Å². The molecule has 4 aromatic carbocycles. The molecule has 0 amide bonds. The molecule has 6 aromatic rings. The van der Waals surface area contributed by atoms with Gasteiger partial charge in [0.15, 0.2) is 0 Å². The van der Waals surface area contributed by atoms with Crippen LogP contribution in [0.15, 0.2) is 87.7 Å². The van der Waals surface area contributed by atoms with Gasteiger partial charge in [0.05, 0.1) is 0 Å². The van der Waals surface area contributed by atoms with Crippen LogP contribution in [-0.4, -0.2) is 0 Å². The van der Waals surface area contributed by atoms with E-state index in [0.717, 1.165) is 49.6 Å². The van der Waals surface area contributed by atoms with Gasteiger partial charge in [0.2, 0.25) is 0 Å². The van der Waals surface area contributed by atoms with E-state index in [1.165, 1.54) is 10.9 Å². The van der Waals surface area contributed by atoms with Crippen molar-refractivity contribution in [3.8, 4) is 11.1 Å². The van der Waals surface area contributed by atoms with Crippen molar-refractivity contribution in [1.29, 1.82) is 0 Å². The van der Waals surface area contributed by atoms with E-state index >= 15 is 0 Å². The molecule has 0 unspecified atom stereocenters. The smallest absolute Gasteiger partial charge is 0.143 e. The fraction of sp³-hybridized carbons (Fsp3) is 0.0400. The topological polar surface area (TPSA) is 26.3 Å². The van der Waals surface area contributed by atoms with Crippen LogP contribution in [0.5, 0.6) is 0 Å². The summed E-state index contributed by atoms with van der Waals surface area (Å²) in [5.41, 5.74) is 7.14. The summed E-state index contributed by atoms with van der Waals surface area (Å²) in [6.45, 7) is 2.14. The maximum absolute atomic E-state index is 6.33. The zero-order valence-electron chi connectivity index (χ0n) is 14.8. The number of fused-ring (bicyclic) bond motifs is 6. The quantitative estimate of drug-likeness (QED) is 0.308. The van der Waals surface area contributed by atoms with Crippen LogP contribution in [0, 0.1) is 6.92 Å². The van der Waals surface area contributed by atoms with Crippen LogP contribution in [0.1, 0.15) is 5.56 Å². The summed E-state index contributed by atoms with van der Waals surface area (Å²) >= 11 is 0. The Morgan fingerprint density at radius 1 is 0.519 bits per heavy atom. The molecule has 0 bridgehead atoms. The third kappa shape index (κ3) is 1.95. The highest BCUT2D eigenvalue weighted by molar-refractivity contribution is 6.17. The van der Waals surface area contributed by atoms with E-state index in [9.17, 15) is 0 Å². The lowest BCUT2D eigenvalue weighted by molar-refractivity contribution is 0.668. The summed E-state index contributed by atoms with van der Waals surface area (Å²) < 4.78 is 12.4. The lowest BCUT2D eigenvalue weighted by atomic mass is 9.96. The molecule has 2 aromatic heterocycles. The first-order chi connectivity index (χ1) is 13.3. The van der Waals surface area contributed by atoms with Gasteiger partial charge in [-0.05, 0) is 36.2 Å². The minimum Gasteiger partial charge on any atom is -0.456 e. The second-order valence-electron chi connectivity index (χ2n) is 7.01. The number of aryl methyl sites for hydroxylation is 1. The second kappa shape index (κ2) is 5.24. The van der Waals surface area contributed by atoms with Crippen LogP contribution in [-0.2, 0) is 0 Å². The fourth-order valence-corrected chi connectivity index (χ4v) is 4.21. The minimum atomic E-state index is 0.901. The van der Waals surface area contributed by atoms with E-state index in [1.54, 1.807) is 0 Å². The van der Waals surface area contributed by atoms with Crippen molar-refractivity contribution in [3.05, 3.63) is 84.4 Å². The maximum atomic E-state index is 6.33. The molecule has 2 nitrogen and oxygen atoms in total. The number of rotatable bonds is 1. The number of benzene rings is 4. The molecule has 2 heterocycles. The van der Waals surface area contributed by atoms with Crippen LogP contribution >= 0.6 is 0 Å². The van der Waals surface area contributed by atoms with Gasteiger partial charge in [-0.25, -0.2) is 0 Å². The first kappa shape index (κ1) is 14.6. The Kier molecular flexibility index (Phi) is 2.84. The van der Waals surface area contributed by atoms with Crippen LogP contribution < -0.4 is 0 Å². The average Bonchev–Trinajstić information content (AvgIpc) is 3.27. The van der Waals surface area contributed by atoms with E-state index < -0.39 is 0 Å². The van der Waals surface area contributed by atoms with Crippen LogP contribution in [0.3, 0.4) is 0 Å². The van der Waals surface area contributed by atoms with Crippen molar-refractivity contribution in [2.45, 2.75) is 6.92 Å². The first-order valence-electron chi connectivity index (χ1n) is 9.13. The molecular weight excluding hydrogens is 332 g/mol. The van der Waals surface area contributed by atoms with Crippen molar-refractivity contribution >= 4 is 43.9 Å². The van der Waals surface area contributed by atoms with E-state index in [-0.39, 0.29) is 0 Å². The summed E-state index contributed by atoms with van der Waals surface area (Å²) in [6, 6.07) is 27.0. The summed E-state index contributed by atoms with van der Waals surface area (Å²) in [6.07, 6.45) is 0. The van der Waals surface area contributed by atoms with E-state index in [4.69, 9.17) is 8.83 Å². The third-order valence-corrected chi connectivity index (χ3v) is 5.43. The van der Waals surface area contributed by atoms with Gasteiger partial charge in [0.25, 0.3) is 0 Å². The number of hydrogen-bond donors (Lipinski definition) is 0. The Morgan fingerprint density at radius 3 is 2.00 bits per heavy atom. The number of furan rings is 2. The zero-order chi connectivity index (χ0) is 18.0. The number of hydrogen-bond acceptors (Lipinski definition) is 2. The van der Waals surface area contributed by atoms with Crippen molar-refractivity contribution in [2.24, 2.45) is 0 Å². The molecule has 6 rings (SSSR count). The van der Waals surface area contributed by atoms with E-state index in [2.05, 4.69) is 49.4 Å². The molecule has 0 aliphatic carbocycles. The number of para-hydroxylation sites is 2. The maximum Gasteiger partial charge on any atom is 0.143 e. The summed E-state index contributed by atoms with van der Waals surface area (Å²) in [4.78, 5) is 0. The van der Waals surface area contributed by atoms with Gasteiger partial charge in [-0.2, -0.15) is 0 Å². The normalized spacial score (nSPS) is 11.9. The molecule has 0 spiro atoms. The lowest BCUT2D eigenvalue weighted by Crippen LogP contribution is -1.83. The van der Waals surface area contributed by atoms with Gasteiger partial charge in [0, 0.05) is 27.1 Å². The molecule has 0 saturated carbocycles. The van der Waals surface area contributed by atoms with E-state index in [1.807, 2.05) is 36.4 Å². The van der Waals surface area contributed by atoms with Crippen LogP contribution in [0.4, 0.5) is 0 Å².